The number of nitrogens with zero attached hydrogens (tertiary/aromatic N) is 2. The summed E-state index contributed by atoms with van der Waals surface area (Å²) < 4.78 is 11.5. The number of ether oxygens (including phenoxy) is 2. The molecule has 1 atom stereocenters. The van der Waals surface area contributed by atoms with E-state index in [1.54, 1.807) is 6.07 Å². The van der Waals surface area contributed by atoms with Gasteiger partial charge in [0.2, 0.25) is 0 Å². The molecule has 0 N–H and O–H groups in total. The fourth-order valence-corrected chi connectivity index (χ4v) is 2.44. The molecule has 0 aromatic carbocycles. The minimum atomic E-state index is -0.612. The Morgan fingerprint density at radius 3 is 2.78 bits per heavy atom. The Balaban J connectivity index is 2.15. The lowest BCUT2D eigenvalue weighted by atomic mass is 10.0. The molecule has 4 nitrogen and oxygen atoms in total. The van der Waals surface area contributed by atoms with Crippen LogP contribution < -0.4 is 0 Å². The van der Waals surface area contributed by atoms with Crippen LogP contribution in [0.4, 0.5) is 0 Å². The van der Waals surface area contributed by atoms with Crippen molar-refractivity contribution < 1.29 is 9.47 Å². The first-order valence-corrected chi connectivity index (χ1v) is 6.73. The van der Waals surface area contributed by atoms with Crippen molar-refractivity contribution in [3.8, 4) is 0 Å². The third kappa shape index (κ3) is 3.32. The fourth-order valence-electron chi connectivity index (χ4n) is 1.97. The monoisotopic (exact) mass is 290 g/mol. The number of rotatable bonds is 3. The maximum atomic E-state index is 6.05. The van der Waals surface area contributed by atoms with Crippen molar-refractivity contribution in [2.75, 3.05) is 6.61 Å². The van der Waals surface area contributed by atoms with Crippen molar-refractivity contribution in [3.05, 3.63) is 21.9 Å². The molecule has 0 saturated carbocycles. The zero-order chi connectivity index (χ0) is 13.2. The number of halogens is 2. The van der Waals surface area contributed by atoms with Gasteiger partial charge in [-0.05, 0) is 39.2 Å². The molecule has 0 aliphatic carbocycles. The summed E-state index contributed by atoms with van der Waals surface area (Å²) >= 11 is 11.9. The predicted molar refractivity (Wildman–Crippen MR) is 69.8 cm³/mol. The SMILES string of the molecule is CC(C)(OC1CCCCO1)c1cc(Cl)nnc1Cl. The Morgan fingerprint density at radius 2 is 2.11 bits per heavy atom. The molecule has 1 aliphatic heterocycles. The molecule has 2 heterocycles. The molecule has 1 aliphatic rings. The molecule has 1 fully saturated rings. The van der Waals surface area contributed by atoms with Crippen molar-refractivity contribution in [2.45, 2.75) is 45.0 Å². The van der Waals surface area contributed by atoms with Gasteiger partial charge in [0, 0.05) is 12.2 Å². The van der Waals surface area contributed by atoms with Gasteiger partial charge in [-0.2, -0.15) is 0 Å². The van der Waals surface area contributed by atoms with Crippen molar-refractivity contribution in [1.82, 2.24) is 10.2 Å². The Kier molecular flexibility index (Phi) is 4.43. The zero-order valence-electron chi connectivity index (χ0n) is 10.4. The van der Waals surface area contributed by atoms with Crippen LogP contribution in [0.5, 0.6) is 0 Å². The van der Waals surface area contributed by atoms with Gasteiger partial charge in [0.25, 0.3) is 0 Å². The summed E-state index contributed by atoms with van der Waals surface area (Å²) in [6.07, 6.45) is 2.90. The molecule has 1 unspecified atom stereocenters. The van der Waals surface area contributed by atoms with Crippen LogP contribution in [0.15, 0.2) is 6.07 Å². The molecule has 2 rings (SSSR count). The normalized spacial score (nSPS) is 21.0. The second kappa shape index (κ2) is 5.70. The Hall–Kier alpha value is -0.420. The largest absolute Gasteiger partial charge is 0.353 e. The first-order valence-electron chi connectivity index (χ1n) is 5.97. The summed E-state index contributed by atoms with van der Waals surface area (Å²) in [5.74, 6) is 0. The molecule has 6 heteroatoms. The molecule has 18 heavy (non-hydrogen) atoms. The second-order valence-corrected chi connectivity index (χ2v) is 5.54. The van der Waals surface area contributed by atoms with E-state index in [1.165, 1.54) is 0 Å². The van der Waals surface area contributed by atoms with Gasteiger partial charge in [-0.15, -0.1) is 10.2 Å². The minimum absolute atomic E-state index is 0.197. The van der Waals surface area contributed by atoms with Crippen LogP contribution in [0.3, 0.4) is 0 Å². The number of hydrogen-bond acceptors (Lipinski definition) is 4. The maximum Gasteiger partial charge on any atom is 0.158 e. The van der Waals surface area contributed by atoms with E-state index in [9.17, 15) is 0 Å². The standard InChI is InChI=1S/C12H16Cl2N2O2/c1-12(2,18-10-5-3-4-6-17-10)8-7-9(13)15-16-11(8)14/h7,10H,3-6H2,1-2H3. The Labute approximate surface area is 117 Å². The van der Waals surface area contributed by atoms with Crippen molar-refractivity contribution in [2.24, 2.45) is 0 Å². The summed E-state index contributed by atoms with van der Waals surface area (Å²) in [7, 11) is 0. The van der Waals surface area contributed by atoms with E-state index in [0.29, 0.717) is 10.3 Å². The van der Waals surface area contributed by atoms with E-state index in [4.69, 9.17) is 32.7 Å². The summed E-state index contributed by atoms with van der Waals surface area (Å²) in [4.78, 5) is 0. The molecule has 100 valence electrons. The van der Waals surface area contributed by atoms with Crippen LogP contribution in [-0.2, 0) is 15.1 Å². The highest BCUT2D eigenvalue weighted by Gasteiger charge is 2.30. The van der Waals surface area contributed by atoms with Crippen LogP contribution in [0.1, 0.15) is 38.7 Å². The first kappa shape index (κ1) is 14.0. The lowest BCUT2D eigenvalue weighted by molar-refractivity contribution is -0.219. The minimum Gasteiger partial charge on any atom is -0.353 e. The number of hydrogen-bond donors (Lipinski definition) is 0. The van der Waals surface area contributed by atoms with E-state index in [0.717, 1.165) is 31.4 Å². The molecule has 1 aromatic heterocycles. The van der Waals surface area contributed by atoms with Gasteiger partial charge in [-0.3, -0.25) is 0 Å². The molecule has 0 bridgehead atoms. The molecule has 1 aromatic rings. The van der Waals surface area contributed by atoms with Gasteiger partial charge in [0.15, 0.2) is 16.6 Å². The summed E-state index contributed by atoms with van der Waals surface area (Å²) in [5, 5.41) is 8.10. The average Bonchev–Trinajstić information content (AvgIpc) is 2.33. The number of aromatic nitrogens is 2. The molecule has 1 saturated heterocycles. The summed E-state index contributed by atoms with van der Waals surface area (Å²) in [6, 6.07) is 1.68. The van der Waals surface area contributed by atoms with E-state index >= 15 is 0 Å². The zero-order valence-corrected chi connectivity index (χ0v) is 12.0. The quantitative estimate of drug-likeness (QED) is 0.854. The van der Waals surface area contributed by atoms with Gasteiger partial charge in [0.1, 0.15) is 0 Å². The van der Waals surface area contributed by atoms with Gasteiger partial charge in [-0.1, -0.05) is 23.2 Å². The van der Waals surface area contributed by atoms with Crippen LogP contribution in [0.25, 0.3) is 0 Å². The van der Waals surface area contributed by atoms with Gasteiger partial charge >= 0.3 is 0 Å². The highest BCUT2D eigenvalue weighted by Crippen LogP contribution is 2.33. The molecule has 0 amide bonds. The summed E-state index contributed by atoms with van der Waals surface area (Å²) in [5.41, 5.74) is 0.108. The third-order valence-electron chi connectivity index (χ3n) is 2.93. The van der Waals surface area contributed by atoms with E-state index in [2.05, 4.69) is 10.2 Å². The Morgan fingerprint density at radius 1 is 1.33 bits per heavy atom. The maximum absolute atomic E-state index is 6.05. The van der Waals surface area contributed by atoms with E-state index < -0.39 is 5.60 Å². The van der Waals surface area contributed by atoms with Crippen LogP contribution >= 0.6 is 23.2 Å². The molecule has 0 spiro atoms. The third-order valence-corrected chi connectivity index (χ3v) is 3.40. The van der Waals surface area contributed by atoms with Crippen LogP contribution in [-0.4, -0.2) is 23.1 Å². The van der Waals surface area contributed by atoms with Gasteiger partial charge < -0.3 is 9.47 Å². The topological polar surface area (TPSA) is 44.2 Å². The predicted octanol–water partition coefficient (Wildman–Crippen LogP) is 3.56. The highest BCUT2D eigenvalue weighted by molar-refractivity contribution is 6.31. The highest BCUT2D eigenvalue weighted by atomic mass is 35.5. The average molecular weight is 291 g/mol. The van der Waals surface area contributed by atoms with Crippen molar-refractivity contribution in [3.63, 3.8) is 0 Å². The van der Waals surface area contributed by atoms with Crippen LogP contribution in [0.2, 0.25) is 10.3 Å². The van der Waals surface area contributed by atoms with Gasteiger partial charge in [-0.25, -0.2) is 0 Å². The second-order valence-electron chi connectivity index (χ2n) is 4.80. The molecular formula is C12H16Cl2N2O2. The Bertz CT molecular complexity index is 421. The van der Waals surface area contributed by atoms with Crippen molar-refractivity contribution in [1.29, 1.82) is 0 Å². The molecule has 0 radical (unpaired) electrons. The lowest BCUT2D eigenvalue weighted by Crippen LogP contribution is -2.32. The fraction of sp³-hybridized carbons (Fsp3) is 0.667. The smallest absolute Gasteiger partial charge is 0.158 e. The molecular weight excluding hydrogens is 275 g/mol. The first-order chi connectivity index (χ1) is 8.49. The van der Waals surface area contributed by atoms with E-state index in [1.807, 2.05) is 13.8 Å². The summed E-state index contributed by atoms with van der Waals surface area (Å²) in [6.45, 7) is 4.58. The van der Waals surface area contributed by atoms with E-state index in [-0.39, 0.29) is 6.29 Å². The van der Waals surface area contributed by atoms with Gasteiger partial charge in [0.05, 0.1) is 5.60 Å². The lowest BCUT2D eigenvalue weighted by Gasteiger charge is -2.33. The van der Waals surface area contributed by atoms with Crippen LogP contribution in [0, 0.1) is 0 Å². The van der Waals surface area contributed by atoms with Crippen molar-refractivity contribution >= 4 is 23.2 Å².